The topological polar surface area (TPSA) is 54.0 Å². The number of rotatable bonds is 4. The Morgan fingerprint density at radius 2 is 1.70 bits per heavy atom. The van der Waals surface area contributed by atoms with Crippen molar-refractivity contribution in [1.29, 1.82) is 0 Å². The predicted molar refractivity (Wildman–Crippen MR) is 117 cm³/mol. The Hall–Kier alpha value is -2.73. The summed E-state index contributed by atoms with van der Waals surface area (Å²) in [5.41, 5.74) is 2.03. The van der Waals surface area contributed by atoms with E-state index in [0.717, 1.165) is 54.5 Å². The van der Waals surface area contributed by atoms with Crippen molar-refractivity contribution in [2.45, 2.75) is 44.7 Å². The average molecular weight is 432 g/mol. The number of aryl methyl sites for hydroxylation is 1. The van der Waals surface area contributed by atoms with Crippen LogP contribution in [-0.4, -0.2) is 23.0 Å². The Morgan fingerprint density at radius 1 is 1.00 bits per heavy atom. The van der Waals surface area contributed by atoms with Gasteiger partial charge in [0.2, 0.25) is 0 Å². The summed E-state index contributed by atoms with van der Waals surface area (Å²) in [5.74, 6) is -1.16. The number of halogens is 3. The van der Waals surface area contributed by atoms with E-state index in [-0.39, 0.29) is 30.1 Å². The van der Waals surface area contributed by atoms with Gasteiger partial charge in [-0.15, -0.1) is 12.4 Å². The molecule has 1 saturated carbocycles. The number of nitrogens with one attached hydrogen (secondary N) is 2. The van der Waals surface area contributed by atoms with E-state index < -0.39 is 17.5 Å². The van der Waals surface area contributed by atoms with E-state index in [4.69, 9.17) is 4.98 Å². The lowest BCUT2D eigenvalue weighted by molar-refractivity contribution is 0.0922. The molecule has 4 rings (SSSR count). The van der Waals surface area contributed by atoms with Gasteiger partial charge in [0, 0.05) is 23.5 Å². The summed E-state index contributed by atoms with van der Waals surface area (Å²) in [6.07, 6.45) is 3.34. The molecular formula is C23H24ClF2N3O. The molecule has 0 atom stereocenters. The zero-order chi connectivity index (χ0) is 20.4. The minimum atomic E-state index is -0.837. The Balaban J connectivity index is 0.00000256. The summed E-state index contributed by atoms with van der Waals surface area (Å²) in [7, 11) is 0. The Labute approximate surface area is 180 Å². The van der Waals surface area contributed by atoms with Crippen molar-refractivity contribution < 1.29 is 13.6 Å². The maximum absolute atomic E-state index is 13.8. The van der Waals surface area contributed by atoms with Crippen LogP contribution in [0.5, 0.6) is 0 Å². The molecule has 1 aromatic heterocycles. The lowest BCUT2D eigenvalue weighted by Crippen LogP contribution is -2.40. The van der Waals surface area contributed by atoms with Crippen LogP contribution in [0.1, 0.15) is 41.6 Å². The number of anilines is 1. The van der Waals surface area contributed by atoms with Crippen molar-refractivity contribution in [3.8, 4) is 0 Å². The number of fused-ring (bicyclic) bond motifs is 1. The fourth-order valence-corrected chi connectivity index (χ4v) is 3.95. The van der Waals surface area contributed by atoms with E-state index >= 15 is 0 Å². The van der Waals surface area contributed by atoms with Crippen LogP contribution in [0.15, 0.2) is 48.5 Å². The Morgan fingerprint density at radius 3 is 2.43 bits per heavy atom. The van der Waals surface area contributed by atoms with E-state index in [1.807, 2.05) is 18.2 Å². The second kappa shape index (κ2) is 9.39. The van der Waals surface area contributed by atoms with E-state index in [9.17, 15) is 13.6 Å². The highest BCUT2D eigenvalue weighted by molar-refractivity contribution is 5.94. The van der Waals surface area contributed by atoms with E-state index in [1.54, 1.807) is 0 Å². The summed E-state index contributed by atoms with van der Waals surface area (Å²) >= 11 is 0. The second-order valence-electron chi connectivity index (χ2n) is 7.63. The summed E-state index contributed by atoms with van der Waals surface area (Å²) in [6.45, 7) is 2.08. The van der Waals surface area contributed by atoms with Crippen LogP contribution in [0.2, 0.25) is 0 Å². The number of hydrogen-bond acceptors (Lipinski definition) is 3. The molecule has 0 saturated heterocycles. The van der Waals surface area contributed by atoms with Crippen LogP contribution in [0, 0.1) is 18.6 Å². The van der Waals surface area contributed by atoms with Crippen LogP contribution in [0.25, 0.3) is 10.9 Å². The van der Waals surface area contributed by atoms with Crippen molar-refractivity contribution in [3.63, 3.8) is 0 Å². The standard InChI is InChI=1S/C23H23F2N3O.ClH/c1-14-12-22(28-21-5-3-2-4-18(14)21)26-16-7-9-17(10-8-16)27-23(29)19-11-6-15(24)13-20(19)25;/h2-6,11-13,16-17H,7-10H2,1H3,(H,26,28)(H,27,29);1H. The first-order valence-electron chi connectivity index (χ1n) is 9.88. The molecule has 4 nitrogen and oxygen atoms in total. The van der Waals surface area contributed by atoms with E-state index in [2.05, 4.69) is 29.7 Å². The predicted octanol–water partition coefficient (Wildman–Crippen LogP) is 5.40. The molecule has 0 aliphatic heterocycles. The van der Waals surface area contributed by atoms with Crippen LogP contribution in [0.4, 0.5) is 14.6 Å². The van der Waals surface area contributed by atoms with Crippen LogP contribution in [-0.2, 0) is 0 Å². The second-order valence-corrected chi connectivity index (χ2v) is 7.63. The quantitative estimate of drug-likeness (QED) is 0.581. The molecule has 30 heavy (non-hydrogen) atoms. The minimum absolute atomic E-state index is 0. The summed E-state index contributed by atoms with van der Waals surface area (Å²) in [4.78, 5) is 17.0. The molecule has 1 amide bonds. The van der Waals surface area contributed by atoms with E-state index in [1.165, 1.54) is 11.6 Å². The third-order valence-corrected chi connectivity index (χ3v) is 5.51. The molecule has 1 aliphatic carbocycles. The fourth-order valence-electron chi connectivity index (χ4n) is 3.95. The number of nitrogens with zero attached hydrogens (tertiary/aromatic N) is 1. The molecule has 0 unspecified atom stereocenters. The number of amides is 1. The van der Waals surface area contributed by atoms with Gasteiger partial charge in [-0.2, -0.15) is 0 Å². The van der Waals surface area contributed by atoms with Crippen molar-refractivity contribution in [2.24, 2.45) is 0 Å². The highest BCUT2D eigenvalue weighted by Crippen LogP contribution is 2.25. The molecule has 158 valence electrons. The molecule has 7 heteroatoms. The summed E-state index contributed by atoms with van der Waals surface area (Å²) < 4.78 is 26.8. The number of para-hydroxylation sites is 1. The molecule has 2 aromatic carbocycles. The largest absolute Gasteiger partial charge is 0.367 e. The number of carbonyl (C=O) groups excluding carboxylic acids is 1. The van der Waals surface area contributed by atoms with Gasteiger partial charge in [0.05, 0.1) is 11.1 Å². The number of aromatic nitrogens is 1. The molecule has 2 N–H and O–H groups in total. The summed E-state index contributed by atoms with van der Waals surface area (Å²) in [5, 5.41) is 7.53. The first kappa shape index (κ1) is 22.0. The fraction of sp³-hybridized carbons (Fsp3) is 0.304. The van der Waals surface area contributed by atoms with Crippen LogP contribution < -0.4 is 10.6 Å². The highest BCUT2D eigenvalue weighted by Gasteiger charge is 2.24. The SMILES string of the molecule is Cc1cc(NC2CCC(NC(=O)c3ccc(F)cc3F)CC2)nc2ccccc12.Cl. The summed E-state index contributed by atoms with van der Waals surface area (Å²) in [6, 6.07) is 13.4. The van der Waals surface area contributed by atoms with Crippen molar-refractivity contribution >= 4 is 35.0 Å². The van der Waals surface area contributed by atoms with Gasteiger partial charge in [-0.3, -0.25) is 4.79 Å². The molecule has 3 aromatic rings. The van der Waals surface area contributed by atoms with Gasteiger partial charge in [-0.05, 0) is 62.4 Å². The molecule has 0 bridgehead atoms. The average Bonchev–Trinajstić information content (AvgIpc) is 2.69. The molecule has 1 heterocycles. The van der Waals surface area contributed by atoms with Crippen molar-refractivity contribution in [2.75, 3.05) is 5.32 Å². The van der Waals surface area contributed by atoms with Gasteiger partial charge in [0.15, 0.2) is 0 Å². The monoisotopic (exact) mass is 431 g/mol. The zero-order valence-corrected chi connectivity index (χ0v) is 17.4. The van der Waals surface area contributed by atoms with Gasteiger partial charge < -0.3 is 10.6 Å². The first-order valence-corrected chi connectivity index (χ1v) is 9.88. The first-order chi connectivity index (χ1) is 14.0. The lowest BCUT2D eigenvalue weighted by atomic mass is 9.91. The molecular weight excluding hydrogens is 408 g/mol. The number of carbonyl (C=O) groups is 1. The maximum atomic E-state index is 13.8. The third kappa shape index (κ3) is 4.87. The lowest BCUT2D eigenvalue weighted by Gasteiger charge is -2.30. The van der Waals surface area contributed by atoms with Crippen LogP contribution >= 0.6 is 12.4 Å². The van der Waals surface area contributed by atoms with Gasteiger partial charge in [0.25, 0.3) is 5.91 Å². The third-order valence-electron chi connectivity index (χ3n) is 5.51. The number of pyridine rings is 1. The molecule has 1 fully saturated rings. The van der Waals surface area contributed by atoms with Crippen LogP contribution in [0.3, 0.4) is 0 Å². The Kier molecular flexibility index (Phi) is 6.87. The molecule has 1 aliphatic rings. The minimum Gasteiger partial charge on any atom is -0.367 e. The van der Waals surface area contributed by atoms with Gasteiger partial charge >= 0.3 is 0 Å². The van der Waals surface area contributed by atoms with Crippen molar-refractivity contribution in [1.82, 2.24) is 10.3 Å². The van der Waals surface area contributed by atoms with Crippen molar-refractivity contribution in [3.05, 3.63) is 71.3 Å². The number of benzene rings is 2. The zero-order valence-electron chi connectivity index (χ0n) is 16.6. The molecule has 0 radical (unpaired) electrons. The van der Waals surface area contributed by atoms with E-state index in [0.29, 0.717) is 0 Å². The Bertz CT molecular complexity index is 1050. The number of hydrogen-bond donors (Lipinski definition) is 2. The molecule has 0 spiro atoms. The normalized spacial score (nSPS) is 18.5. The smallest absolute Gasteiger partial charge is 0.254 e. The maximum Gasteiger partial charge on any atom is 0.254 e. The highest BCUT2D eigenvalue weighted by atomic mass is 35.5. The van der Waals surface area contributed by atoms with Gasteiger partial charge in [0.1, 0.15) is 17.5 Å². The van der Waals surface area contributed by atoms with Gasteiger partial charge in [-0.25, -0.2) is 13.8 Å². The van der Waals surface area contributed by atoms with Gasteiger partial charge in [-0.1, -0.05) is 18.2 Å².